The highest BCUT2D eigenvalue weighted by Gasteiger charge is 2.26. The van der Waals surface area contributed by atoms with Crippen molar-refractivity contribution in [3.05, 3.63) is 65.7 Å². The van der Waals surface area contributed by atoms with Gasteiger partial charge in [-0.3, -0.25) is 4.79 Å². The number of fused-ring (bicyclic) bond motifs is 1. The van der Waals surface area contributed by atoms with Crippen molar-refractivity contribution in [1.82, 2.24) is 5.43 Å². The summed E-state index contributed by atoms with van der Waals surface area (Å²) in [5.74, 6) is 0.869. The number of carbonyl (C=O) groups is 1. The van der Waals surface area contributed by atoms with Crippen LogP contribution in [0.4, 0.5) is 0 Å². The van der Waals surface area contributed by atoms with Gasteiger partial charge < -0.3 is 9.47 Å². The second-order valence-corrected chi connectivity index (χ2v) is 5.40. The van der Waals surface area contributed by atoms with Gasteiger partial charge >= 0.3 is 0 Å². The second-order valence-electron chi connectivity index (χ2n) is 5.40. The van der Waals surface area contributed by atoms with Gasteiger partial charge in [0.15, 0.2) is 11.5 Å². The van der Waals surface area contributed by atoms with E-state index in [1.807, 2.05) is 55.5 Å². The number of hydrogen-bond acceptors (Lipinski definition) is 4. The van der Waals surface area contributed by atoms with Crippen LogP contribution in [-0.4, -0.2) is 24.8 Å². The maximum absolute atomic E-state index is 12.1. The molecule has 5 nitrogen and oxygen atoms in total. The number of rotatable bonds is 4. The lowest BCUT2D eigenvalue weighted by Crippen LogP contribution is -2.42. The van der Waals surface area contributed by atoms with E-state index in [0.29, 0.717) is 11.5 Å². The number of para-hydroxylation sites is 2. The highest BCUT2D eigenvalue weighted by molar-refractivity contribution is 5.87. The first kappa shape index (κ1) is 15.8. The first-order valence-electron chi connectivity index (χ1n) is 7.67. The molecule has 0 saturated carbocycles. The fraction of sp³-hybridized carbons (Fsp3) is 0.158. The highest BCUT2D eigenvalue weighted by Crippen LogP contribution is 2.30. The van der Waals surface area contributed by atoms with Crippen LogP contribution in [0.15, 0.2) is 65.3 Å². The average molecular weight is 322 g/mol. The second kappa shape index (κ2) is 7.46. The summed E-state index contributed by atoms with van der Waals surface area (Å²) in [6.07, 6.45) is 2.87. The largest absolute Gasteiger partial charge is 0.485 e. The highest BCUT2D eigenvalue weighted by atomic mass is 16.6. The number of nitrogens with one attached hydrogen (secondary N) is 1. The van der Waals surface area contributed by atoms with E-state index in [2.05, 4.69) is 10.5 Å². The van der Waals surface area contributed by atoms with Crippen molar-refractivity contribution >= 4 is 18.2 Å². The van der Waals surface area contributed by atoms with Gasteiger partial charge in [0.25, 0.3) is 5.91 Å². The van der Waals surface area contributed by atoms with Crippen molar-refractivity contribution in [2.24, 2.45) is 5.10 Å². The number of carbonyl (C=O) groups excluding carboxylic acids is 1. The summed E-state index contributed by atoms with van der Waals surface area (Å²) in [6, 6.07) is 17.2. The quantitative estimate of drug-likeness (QED) is 0.695. The minimum Gasteiger partial charge on any atom is -0.485 e. The minimum absolute atomic E-state index is 0.164. The zero-order valence-corrected chi connectivity index (χ0v) is 13.3. The van der Waals surface area contributed by atoms with Gasteiger partial charge in [0.2, 0.25) is 6.10 Å². The molecule has 24 heavy (non-hydrogen) atoms. The lowest BCUT2D eigenvalue weighted by atomic mass is 10.1. The standard InChI is InChI=1S/C19H18N2O3/c1-14(11-15-7-3-2-4-8-15)12-20-21-19(22)18-13-23-16-9-5-6-10-17(16)24-18/h2-12,18H,13H2,1H3,(H,21,22)/b14-11+,20-12?/t18-/m0/s1. The van der Waals surface area contributed by atoms with E-state index in [-0.39, 0.29) is 12.5 Å². The third-order valence-corrected chi connectivity index (χ3v) is 3.44. The molecule has 0 aliphatic carbocycles. The zero-order chi connectivity index (χ0) is 16.8. The van der Waals surface area contributed by atoms with Gasteiger partial charge in [0.05, 0.1) is 6.21 Å². The molecule has 0 bridgehead atoms. The van der Waals surface area contributed by atoms with E-state index in [4.69, 9.17) is 9.47 Å². The summed E-state index contributed by atoms with van der Waals surface area (Å²) in [6.45, 7) is 2.08. The number of nitrogens with zero attached hydrogens (tertiary/aromatic N) is 1. The lowest BCUT2D eigenvalue weighted by molar-refractivity contribution is -0.130. The van der Waals surface area contributed by atoms with Crippen LogP contribution in [0.1, 0.15) is 12.5 Å². The van der Waals surface area contributed by atoms with Gasteiger partial charge in [-0.1, -0.05) is 48.5 Å². The molecule has 1 aliphatic rings. The third kappa shape index (κ3) is 4.01. The van der Waals surface area contributed by atoms with E-state index in [0.717, 1.165) is 11.1 Å². The van der Waals surface area contributed by atoms with E-state index in [1.54, 1.807) is 18.3 Å². The maximum atomic E-state index is 12.1. The van der Waals surface area contributed by atoms with Crippen LogP contribution in [0.25, 0.3) is 6.08 Å². The van der Waals surface area contributed by atoms with Crippen LogP contribution in [0.3, 0.4) is 0 Å². The Kier molecular flexibility index (Phi) is 4.91. The Hall–Kier alpha value is -3.08. The Labute approximate surface area is 140 Å². The number of hydrazone groups is 1. The molecule has 1 aliphatic heterocycles. The average Bonchev–Trinajstić information content (AvgIpc) is 2.62. The van der Waals surface area contributed by atoms with Crippen LogP contribution >= 0.6 is 0 Å². The predicted octanol–water partition coefficient (Wildman–Crippen LogP) is 3.03. The van der Waals surface area contributed by atoms with Crippen LogP contribution in [0, 0.1) is 0 Å². The molecule has 0 unspecified atom stereocenters. The normalized spacial score (nSPS) is 16.9. The molecule has 2 aromatic rings. The van der Waals surface area contributed by atoms with Gasteiger partial charge in [-0.25, -0.2) is 5.43 Å². The molecule has 0 aromatic heterocycles. The molecule has 3 rings (SSSR count). The zero-order valence-electron chi connectivity index (χ0n) is 13.3. The van der Waals surface area contributed by atoms with Gasteiger partial charge in [-0.15, -0.1) is 0 Å². The van der Waals surface area contributed by atoms with Crippen LogP contribution in [0.2, 0.25) is 0 Å². The van der Waals surface area contributed by atoms with E-state index in [1.165, 1.54) is 0 Å². The molecule has 1 atom stereocenters. The van der Waals surface area contributed by atoms with E-state index in [9.17, 15) is 4.79 Å². The smallest absolute Gasteiger partial charge is 0.284 e. The van der Waals surface area contributed by atoms with Crippen molar-refractivity contribution in [3.63, 3.8) is 0 Å². The van der Waals surface area contributed by atoms with Crippen molar-refractivity contribution < 1.29 is 14.3 Å². The SMILES string of the molecule is C/C(C=NNC(=O)[C@@H]1COc2ccccc2O1)=C\c1ccccc1. The van der Waals surface area contributed by atoms with Gasteiger partial charge in [-0.2, -0.15) is 5.10 Å². The number of ether oxygens (including phenoxy) is 2. The first-order chi connectivity index (χ1) is 11.7. The molecule has 0 spiro atoms. The molecule has 5 heteroatoms. The molecule has 2 aromatic carbocycles. The van der Waals surface area contributed by atoms with Crippen molar-refractivity contribution in [1.29, 1.82) is 0 Å². The number of hydrogen-bond donors (Lipinski definition) is 1. The Balaban J connectivity index is 1.55. The van der Waals surface area contributed by atoms with Crippen molar-refractivity contribution in [3.8, 4) is 11.5 Å². The van der Waals surface area contributed by atoms with Gasteiger partial charge in [-0.05, 0) is 30.2 Å². The Morgan fingerprint density at radius 1 is 1.12 bits per heavy atom. The number of benzene rings is 2. The molecule has 122 valence electrons. The fourth-order valence-corrected chi connectivity index (χ4v) is 2.27. The van der Waals surface area contributed by atoms with Gasteiger partial charge in [0, 0.05) is 0 Å². The topological polar surface area (TPSA) is 59.9 Å². The molecular formula is C19H18N2O3. The number of allylic oxidation sites excluding steroid dienone is 1. The molecule has 0 fully saturated rings. The molecule has 1 N–H and O–H groups in total. The van der Waals surface area contributed by atoms with Gasteiger partial charge in [0.1, 0.15) is 6.61 Å². The summed E-state index contributed by atoms with van der Waals surface area (Å²) in [7, 11) is 0. The summed E-state index contributed by atoms with van der Waals surface area (Å²) < 4.78 is 11.1. The Bertz CT molecular complexity index is 769. The maximum Gasteiger partial charge on any atom is 0.284 e. The number of amides is 1. The molecule has 0 radical (unpaired) electrons. The summed E-state index contributed by atoms with van der Waals surface area (Å²) in [5.41, 5.74) is 4.49. The monoisotopic (exact) mass is 322 g/mol. The third-order valence-electron chi connectivity index (χ3n) is 3.44. The van der Waals surface area contributed by atoms with Crippen LogP contribution in [-0.2, 0) is 4.79 Å². The first-order valence-corrected chi connectivity index (χ1v) is 7.67. The summed E-state index contributed by atoms with van der Waals surface area (Å²) >= 11 is 0. The summed E-state index contributed by atoms with van der Waals surface area (Å²) in [4.78, 5) is 12.1. The lowest BCUT2D eigenvalue weighted by Gasteiger charge is -2.24. The summed E-state index contributed by atoms with van der Waals surface area (Å²) in [5, 5.41) is 3.97. The molecule has 1 amide bonds. The van der Waals surface area contributed by atoms with Crippen LogP contribution in [0.5, 0.6) is 11.5 Å². The minimum atomic E-state index is -0.713. The van der Waals surface area contributed by atoms with Crippen LogP contribution < -0.4 is 14.9 Å². The Morgan fingerprint density at radius 2 is 1.83 bits per heavy atom. The van der Waals surface area contributed by atoms with Crippen molar-refractivity contribution in [2.45, 2.75) is 13.0 Å². The Morgan fingerprint density at radius 3 is 2.62 bits per heavy atom. The fourth-order valence-electron chi connectivity index (χ4n) is 2.27. The molecule has 0 saturated heterocycles. The van der Waals surface area contributed by atoms with E-state index >= 15 is 0 Å². The van der Waals surface area contributed by atoms with E-state index < -0.39 is 6.10 Å². The molecule has 1 heterocycles. The van der Waals surface area contributed by atoms with Crippen molar-refractivity contribution in [2.75, 3.05) is 6.61 Å². The molecular weight excluding hydrogens is 304 g/mol. The predicted molar refractivity (Wildman–Crippen MR) is 93.1 cm³/mol.